The molecule has 0 radical (unpaired) electrons. The van der Waals surface area contributed by atoms with Gasteiger partial charge in [0.2, 0.25) is 5.89 Å². The number of hydrogen-bond donors (Lipinski definition) is 2. The SMILES string of the molecule is CN=C(NCCc1coc(-c2ccc(C)cc2)n1)NCc1ccnn1C.I. The van der Waals surface area contributed by atoms with Gasteiger partial charge in [0.25, 0.3) is 0 Å². The van der Waals surface area contributed by atoms with E-state index in [1.807, 2.05) is 29.9 Å². The average Bonchev–Trinajstić information content (AvgIpc) is 3.28. The van der Waals surface area contributed by atoms with Crippen LogP contribution in [-0.2, 0) is 20.0 Å². The Kier molecular flexibility index (Phi) is 7.83. The summed E-state index contributed by atoms with van der Waals surface area (Å²) in [5.41, 5.74) is 4.21. The molecule has 8 heteroatoms. The summed E-state index contributed by atoms with van der Waals surface area (Å²) in [6.45, 7) is 3.44. The number of hydrogen-bond acceptors (Lipinski definition) is 4. The number of halogens is 1. The summed E-state index contributed by atoms with van der Waals surface area (Å²) in [6.07, 6.45) is 4.24. The van der Waals surface area contributed by atoms with Gasteiger partial charge < -0.3 is 15.1 Å². The maximum absolute atomic E-state index is 5.59. The second-order valence-electron chi connectivity index (χ2n) is 6.06. The molecule has 0 aliphatic carbocycles. The number of rotatable bonds is 6. The van der Waals surface area contributed by atoms with Gasteiger partial charge in [-0.25, -0.2) is 4.98 Å². The molecule has 2 N–H and O–H groups in total. The summed E-state index contributed by atoms with van der Waals surface area (Å²) in [5.74, 6) is 1.40. The highest BCUT2D eigenvalue weighted by molar-refractivity contribution is 14.0. The van der Waals surface area contributed by atoms with E-state index in [4.69, 9.17) is 4.42 Å². The molecule has 0 amide bonds. The Morgan fingerprint density at radius 2 is 1.96 bits per heavy atom. The van der Waals surface area contributed by atoms with Crippen LogP contribution in [0.2, 0.25) is 0 Å². The normalized spacial score (nSPS) is 11.1. The topological polar surface area (TPSA) is 80.3 Å². The molecule has 0 aliphatic heterocycles. The number of guanidine groups is 1. The molecule has 0 saturated heterocycles. The van der Waals surface area contributed by atoms with Crippen molar-refractivity contribution >= 4 is 29.9 Å². The van der Waals surface area contributed by atoms with Crippen LogP contribution in [0.25, 0.3) is 11.5 Å². The number of aliphatic imine (C=N–C) groups is 1. The quantitative estimate of drug-likeness (QED) is 0.322. The molecule has 0 bridgehead atoms. The van der Waals surface area contributed by atoms with Gasteiger partial charge in [0.05, 0.1) is 17.9 Å². The zero-order valence-electron chi connectivity index (χ0n) is 15.8. The summed E-state index contributed by atoms with van der Waals surface area (Å²) in [6, 6.07) is 10.1. The minimum absolute atomic E-state index is 0. The first-order chi connectivity index (χ1) is 12.7. The zero-order valence-corrected chi connectivity index (χ0v) is 18.1. The van der Waals surface area contributed by atoms with E-state index >= 15 is 0 Å². The van der Waals surface area contributed by atoms with Crippen molar-refractivity contribution < 1.29 is 4.42 Å². The first-order valence-electron chi connectivity index (χ1n) is 8.58. The predicted octanol–water partition coefficient (Wildman–Crippen LogP) is 2.91. The van der Waals surface area contributed by atoms with E-state index in [0.717, 1.165) is 29.3 Å². The highest BCUT2D eigenvalue weighted by Crippen LogP contribution is 2.19. The first kappa shape index (κ1) is 20.9. The van der Waals surface area contributed by atoms with E-state index in [1.54, 1.807) is 19.5 Å². The standard InChI is InChI=1S/C19H24N6O.HI/c1-14-4-6-15(7-5-14)18-24-16(13-26-18)8-10-21-19(20-2)22-12-17-9-11-23-25(17)3;/h4-7,9,11,13H,8,10,12H2,1-3H3,(H2,20,21,22);1H. The fourth-order valence-electron chi connectivity index (χ4n) is 2.53. The molecule has 2 aromatic heterocycles. The van der Waals surface area contributed by atoms with Crippen molar-refractivity contribution in [1.29, 1.82) is 0 Å². The van der Waals surface area contributed by atoms with Gasteiger partial charge >= 0.3 is 0 Å². The van der Waals surface area contributed by atoms with Crippen molar-refractivity contribution in [2.75, 3.05) is 13.6 Å². The van der Waals surface area contributed by atoms with Crippen LogP contribution in [0.3, 0.4) is 0 Å². The third-order valence-electron chi connectivity index (χ3n) is 4.11. The largest absolute Gasteiger partial charge is 0.444 e. The molecule has 0 atom stereocenters. The number of nitrogens with zero attached hydrogens (tertiary/aromatic N) is 4. The van der Waals surface area contributed by atoms with Gasteiger partial charge in [0.15, 0.2) is 5.96 Å². The third kappa shape index (κ3) is 5.81. The lowest BCUT2D eigenvalue weighted by Gasteiger charge is -2.11. The zero-order chi connectivity index (χ0) is 18.4. The molecule has 144 valence electrons. The second-order valence-corrected chi connectivity index (χ2v) is 6.06. The van der Waals surface area contributed by atoms with Crippen LogP contribution in [0.4, 0.5) is 0 Å². The lowest BCUT2D eigenvalue weighted by atomic mass is 10.1. The molecule has 0 fully saturated rings. The van der Waals surface area contributed by atoms with E-state index < -0.39 is 0 Å². The second kappa shape index (κ2) is 10.1. The molecule has 27 heavy (non-hydrogen) atoms. The summed E-state index contributed by atoms with van der Waals surface area (Å²) in [4.78, 5) is 8.78. The van der Waals surface area contributed by atoms with Gasteiger partial charge in [-0.15, -0.1) is 24.0 Å². The molecule has 3 rings (SSSR count). The maximum Gasteiger partial charge on any atom is 0.226 e. The molecular formula is C19H25IN6O. The third-order valence-corrected chi connectivity index (χ3v) is 4.11. The van der Waals surface area contributed by atoms with Crippen molar-refractivity contribution in [3.05, 3.63) is 59.7 Å². The summed E-state index contributed by atoms with van der Waals surface area (Å²) in [7, 11) is 3.67. The highest BCUT2D eigenvalue weighted by atomic mass is 127. The molecule has 0 spiro atoms. The Morgan fingerprint density at radius 3 is 2.63 bits per heavy atom. The Labute approximate surface area is 176 Å². The Balaban J connectivity index is 0.00000261. The van der Waals surface area contributed by atoms with Crippen LogP contribution in [0, 0.1) is 6.92 Å². The molecule has 1 aromatic carbocycles. The fraction of sp³-hybridized carbons (Fsp3) is 0.316. The Morgan fingerprint density at radius 1 is 1.19 bits per heavy atom. The van der Waals surface area contributed by atoms with Gasteiger partial charge in [-0.1, -0.05) is 17.7 Å². The van der Waals surface area contributed by atoms with Crippen LogP contribution in [0.15, 0.2) is 52.2 Å². The molecule has 2 heterocycles. The Hall–Kier alpha value is -2.36. The smallest absolute Gasteiger partial charge is 0.226 e. The molecule has 0 saturated carbocycles. The maximum atomic E-state index is 5.59. The fourth-order valence-corrected chi connectivity index (χ4v) is 2.53. The first-order valence-corrected chi connectivity index (χ1v) is 8.58. The number of oxazole rings is 1. The van der Waals surface area contributed by atoms with E-state index in [-0.39, 0.29) is 24.0 Å². The van der Waals surface area contributed by atoms with E-state index in [0.29, 0.717) is 19.0 Å². The average molecular weight is 480 g/mol. The number of nitrogens with one attached hydrogen (secondary N) is 2. The highest BCUT2D eigenvalue weighted by Gasteiger charge is 2.07. The molecule has 3 aromatic rings. The summed E-state index contributed by atoms with van der Waals surface area (Å²) < 4.78 is 7.43. The lowest BCUT2D eigenvalue weighted by molar-refractivity contribution is 0.572. The van der Waals surface area contributed by atoms with Crippen LogP contribution in [0.5, 0.6) is 0 Å². The summed E-state index contributed by atoms with van der Waals surface area (Å²) in [5, 5.41) is 10.7. The van der Waals surface area contributed by atoms with E-state index in [2.05, 4.69) is 44.8 Å². The monoisotopic (exact) mass is 480 g/mol. The summed E-state index contributed by atoms with van der Waals surface area (Å²) >= 11 is 0. The molecule has 0 aliphatic rings. The molecule has 7 nitrogen and oxygen atoms in total. The van der Waals surface area contributed by atoms with Crippen molar-refractivity contribution in [3.63, 3.8) is 0 Å². The van der Waals surface area contributed by atoms with Gasteiger partial charge in [-0.2, -0.15) is 5.10 Å². The predicted molar refractivity (Wildman–Crippen MR) is 117 cm³/mol. The van der Waals surface area contributed by atoms with Gasteiger partial charge in [-0.3, -0.25) is 9.67 Å². The van der Waals surface area contributed by atoms with Crippen LogP contribution >= 0.6 is 24.0 Å². The van der Waals surface area contributed by atoms with Crippen LogP contribution < -0.4 is 10.6 Å². The van der Waals surface area contributed by atoms with E-state index in [1.165, 1.54) is 5.56 Å². The number of aromatic nitrogens is 3. The van der Waals surface area contributed by atoms with Crippen LogP contribution in [-0.4, -0.2) is 34.3 Å². The van der Waals surface area contributed by atoms with Crippen molar-refractivity contribution in [1.82, 2.24) is 25.4 Å². The minimum atomic E-state index is 0. The minimum Gasteiger partial charge on any atom is -0.444 e. The Bertz CT molecular complexity index is 868. The lowest BCUT2D eigenvalue weighted by Crippen LogP contribution is -2.38. The number of benzene rings is 1. The van der Waals surface area contributed by atoms with E-state index in [9.17, 15) is 0 Å². The van der Waals surface area contributed by atoms with Crippen molar-refractivity contribution in [2.24, 2.45) is 12.0 Å². The van der Waals surface area contributed by atoms with Crippen molar-refractivity contribution in [3.8, 4) is 11.5 Å². The van der Waals surface area contributed by atoms with Crippen LogP contribution in [0.1, 0.15) is 17.0 Å². The number of aryl methyl sites for hydroxylation is 2. The van der Waals surface area contributed by atoms with Gasteiger partial charge in [-0.05, 0) is 25.1 Å². The molecule has 0 unspecified atom stereocenters. The van der Waals surface area contributed by atoms with Gasteiger partial charge in [0.1, 0.15) is 6.26 Å². The van der Waals surface area contributed by atoms with Gasteiger partial charge in [0, 0.05) is 38.8 Å². The molecular weight excluding hydrogens is 455 g/mol. The van der Waals surface area contributed by atoms with Crippen molar-refractivity contribution in [2.45, 2.75) is 19.9 Å².